The Kier molecular flexibility index (Phi) is 4.89. The highest BCUT2D eigenvalue weighted by Crippen LogP contribution is 2.25. The van der Waals surface area contributed by atoms with Crippen molar-refractivity contribution in [1.82, 2.24) is 10.2 Å². The predicted octanol–water partition coefficient (Wildman–Crippen LogP) is 2.44. The molecule has 0 saturated carbocycles. The van der Waals surface area contributed by atoms with Gasteiger partial charge in [-0.3, -0.25) is 4.79 Å². The van der Waals surface area contributed by atoms with Gasteiger partial charge in [0.1, 0.15) is 0 Å². The van der Waals surface area contributed by atoms with Crippen LogP contribution < -0.4 is 10.2 Å². The van der Waals surface area contributed by atoms with Gasteiger partial charge >= 0.3 is 0 Å². The van der Waals surface area contributed by atoms with Crippen LogP contribution in [0.3, 0.4) is 0 Å². The first kappa shape index (κ1) is 15.6. The summed E-state index contributed by atoms with van der Waals surface area (Å²) in [6.45, 7) is 6.53. The van der Waals surface area contributed by atoms with Crippen LogP contribution in [0, 0.1) is 6.92 Å². The topological polar surface area (TPSA) is 35.6 Å². The zero-order valence-corrected chi connectivity index (χ0v) is 13.9. The second-order valence-corrected chi connectivity index (χ2v) is 6.73. The van der Waals surface area contributed by atoms with E-state index in [1.165, 1.54) is 17.7 Å². The third kappa shape index (κ3) is 3.55. The van der Waals surface area contributed by atoms with E-state index in [1.807, 2.05) is 17.0 Å². The van der Waals surface area contributed by atoms with Crippen LogP contribution in [-0.4, -0.2) is 49.6 Å². The third-order valence-electron chi connectivity index (χ3n) is 4.73. The van der Waals surface area contributed by atoms with E-state index >= 15 is 0 Å². The Bertz CT molecular complexity index is 535. The molecule has 22 heavy (non-hydrogen) atoms. The molecule has 0 radical (unpaired) electrons. The Morgan fingerprint density at radius 3 is 2.77 bits per heavy atom. The minimum absolute atomic E-state index is 0.293. The van der Waals surface area contributed by atoms with E-state index in [-0.39, 0.29) is 0 Å². The lowest BCUT2D eigenvalue weighted by molar-refractivity contribution is -0.131. The molecule has 2 aliphatic rings. The molecule has 0 aliphatic carbocycles. The molecule has 120 valence electrons. The molecule has 0 aromatic heterocycles. The van der Waals surface area contributed by atoms with Gasteiger partial charge in [0, 0.05) is 49.4 Å². The number of amides is 1. The molecule has 2 fully saturated rings. The first-order valence-electron chi connectivity index (χ1n) is 8.16. The molecule has 1 unspecified atom stereocenters. The summed E-state index contributed by atoms with van der Waals surface area (Å²) >= 11 is 6.11. The van der Waals surface area contributed by atoms with Gasteiger partial charge in [0.25, 0.3) is 0 Å². The molecule has 3 rings (SSSR count). The fraction of sp³-hybridized carbons (Fsp3) is 0.588. The zero-order valence-electron chi connectivity index (χ0n) is 13.1. The molecule has 1 atom stereocenters. The van der Waals surface area contributed by atoms with Crippen LogP contribution in [0.4, 0.5) is 5.69 Å². The maximum atomic E-state index is 12.4. The van der Waals surface area contributed by atoms with E-state index < -0.39 is 0 Å². The lowest BCUT2D eigenvalue weighted by Gasteiger charge is -2.37. The quantitative estimate of drug-likeness (QED) is 0.929. The predicted molar refractivity (Wildman–Crippen MR) is 90.6 cm³/mol. The van der Waals surface area contributed by atoms with Crippen molar-refractivity contribution in [2.24, 2.45) is 0 Å². The molecular formula is C17H24ClN3O. The summed E-state index contributed by atoms with van der Waals surface area (Å²) in [5.41, 5.74) is 2.43. The number of rotatable bonds is 3. The lowest BCUT2D eigenvalue weighted by atomic mass is 10.1. The van der Waals surface area contributed by atoms with Crippen molar-refractivity contribution in [3.05, 3.63) is 28.8 Å². The summed E-state index contributed by atoms with van der Waals surface area (Å²) in [6, 6.07) is 6.40. The van der Waals surface area contributed by atoms with Crippen LogP contribution in [0.15, 0.2) is 18.2 Å². The van der Waals surface area contributed by atoms with Crippen LogP contribution in [-0.2, 0) is 4.79 Å². The number of carbonyl (C=O) groups excluding carboxylic acids is 1. The molecule has 1 amide bonds. The molecule has 5 heteroatoms. The molecule has 1 aromatic rings. The first-order chi connectivity index (χ1) is 10.6. The molecule has 0 spiro atoms. The molecule has 4 nitrogen and oxygen atoms in total. The van der Waals surface area contributed by atoms with E-state index in [4.69, 9.17) is 11.6 Å². The maximum Gasteiger partial charge on any atom is 0.224 e. The Hall–Kier alpha value is -1.26. The average Bonchev–Trinajstić information content (AvgIpc) is 3.03. The molecule has 0 bridgehead atoms. The molecular weight excluding hydrogens is 298 g/mol. The number of carbonyl (C=O) groups is 1. The summed E-state index contributed by atoms with van der Waals surface area (Å²) in [5.74, 6) is 0.293. The van der Waals surface area contributed by atoms with E-state index in [0.717, 1.165) is 44.2 Å². The van der Waals surface area contributed by atoms with Crippen LogP contribution >= 0.6 is 11.6 Å². The van der Waals surface area contributed by atoms with Gasteiger partial charge in [-0.15, -0.1) is 0 Å². The largest absolute Gasteiger partial charge is 0.368 e. The summed E-state index contributed by atoms with van der Waals surface area (Å²) in [4.78, 5) is 16.7. The standard InChI is InChI=1S/C17H24ClN3O/c1-13-4-5-14(18)11-16(13)20-7-9-21(10-8-20)17(22)12-15-3-2-6-19-15/h4-5,11,15,19H,2-3,6-10,12H2,1H3. The number of halogens is 1. The van der Waals surface area contributed by atoms with Crippen molar-refractivity contribution >= 4 is 23.2 Å². The Morgan fingerprint density at radius 1 is 1.32 bits per heavy atom. The number of aryl methyl sites for hydroxylation is 1. The van der Waals surface area contributed by atoms with Gasteiger partial charge in [0.05, 0.1) is 0 Å². The highest BCUT2D eigenvalue weighted by Gasteiger charge is 2.25. The summed E-state index contributed by atoms with van der Waals surface area (Å²) in [6.07, 6.45) is 2.98. The fourth-order valence-corrected chi connectivity index (χ4v) is 3.56. The van der Waals surface area contributed by atoms with Crippen molar-refractivity contribution < 1.29 is 4.79 Å². The summed E-state index contributed by atoms with van der Waals surface area (Å²) < 4.78 is 0. The number of nitrogens with one attached hydrogen (secondary N) is 1. The maximum absolute atomic E-state index is 12.4. The minimum Gasteiger partial charge on any atom is -0.368 e. The summed E-state index contributed by atoms with van der Waals surface area (Å²) in [7, 11) is 0. The van der Waals surface area contributed by atoms with Crippen molar-refractivity contribution in [3.8, 4) is 0 Å². The highest BCUT2D eigenvalue weighted by atomic mass is 35.5. The Balaban J connectivity index is 1.55. The normalized spacial score (nSPS) is 22.2. The Labute approximate surface area is 137 Å². The molecule has 1 aromatic carbocycles. The van der Waals surface area contributed by atoms with Gasteiger partial charge in [-0.2, -0.15) is 0 Å². The van der Waals surface area contributed by atoms with Gasteiger partial charge in [-0.25, -0.2) is 0 Å². The number of piperazine rings is 1. The molecule has 2 heterocycles. The molecule has 2 aliphatic heterocycles. The second-order valence-electron chi connectivity index (χ2n) is 6.30. The first-order valence-corrected chi connectivity index (χ1v) is 8.53. The number of nitrogens with zero attached hydrogens (tertiary/aromatic N) is 2. The van der Waals surface area contributed by atoms with Gasteiger partial charge in [-0.05, 0) is 44.0 Å². The summed E-state index contributed by atoms with van der Waals surface area (Å²) in [5, 5.41) is 4.17. The van der Waals surface area contributed by atoms with Crippen LogP contribution in [0.2, 0.25) is 5.02 Å². The van der Waals surface area contributed by atoms with E-state index in [1.54, 1.807) is 0 Å². The SMILES string of the molecule is Cc1ccc(Cl)cc1N1CCN(C(=O)CC2CCCN2)CC1. The number of hydrogen-bond acceptors (Lipinski definition) is 3. The van der Waals surface area contributed by atoms with Crippen molar-refractivity contribution in [1.29, 1.82) is 0 Å². The number of anilines is 1. The van der Waals surface area contributed by atoms with Gasteiger partial charge in [-0.1, -0.05) is 17.7 Å². The van der Waals surface area contributed by atoms with Crippen molar-refractivity contribution in [3.63, 3.8) is 0 Å². The van der Waals surface area contributed by atoms with Gasteiger partial charge in [0.15, 0.2) is 0 Å². The highest BCUT2D eigenvalue weighted by molar-refractivity contribution is 6.30. The molecule has 2 saturated heterocycles. The number of hydrogen-bond donors (Lipinski definition) is 1. The Morgan fingerprint density at radius 2 is 2.09 bits per heavy atom. The fourth-order valence-electron chi connectivity index (χ4n) is 3.39. The zero-order chi connectivity index (χ0) is 15.5. The van der Waals surface area contributed by atoms with E-state index in [2.05, 4.69) is 23.2 Å². The van der Waals surface area contributed by atoms with E-state index in [9.17, 15) is 4.79 Å². The lowest BCUT2D eigenvalue weighted by Crippen LogP contribution is -2.49. The third-order valence-corrected chi connectivity index (χ3v) is 4.96. The minimum atomic E-state index is 0.293. The van der Waals surface area contributed by atoms with Gasteiger partial charge < -0.3 is 15.1 Å². The van der Waals surface area contributed by atoms with Crippen molar-refractivity contribution in [2.75, 3.05) is 37.6 Å². The van der Waals surface area contributed by atoms with E-state index in [0.29, 0.717) is 18.4 Å². The number of benzene rings is 1. The average molecular weight is 322 g/mol. The van der Waals surface area contributed by atoms with Crippen molar-refractivity contribution in [2.45, 2.75) is 32.2 Å². The monoisotopic (exact) mass is 321 g/mol. The van der Waals surface area contributed by atoms with Crippen LogP contribution in [0.1, 0.15) is 24.8 Å². The smallest absolute Gasteiger partial charge is 0.224 e. The van der Waals surface area contributed by atoms with Crippen LogP contribution in [0.25, 0.3) is 0 Å². The van der Waals surface area contributed by atoms with Gasteiger partial charge in [0.2, 0.25) is 5.91 Å². The second kappa shape index (κ2) is 6.88. The van der Waals surface area contributed by atoms with Crippen LogP contribution in [0.5, 0.6) is 0 Å². The molecule has 1 N–H and O–H groups in total.